The van der Waals surface area contributed by atoms with Crippen LogP contribution in [-0.4, -0.2) is 52.1 Å². The number of fused-ring (bicyclic) bond motifs is 2. The van der Waals surface area contributed by atoms with Crippen LogP contribution in [0.15, 0.2) is 59.1 Å². The van der Waals surface area contributed by atoms with E-state index >= 15 is 0 Å². The molecule has 0 atom stereocenters. The predicted octanol–water partition coefficient (Wildman–Crippen LogP) is 7.34. The summed E-state index contributed by atoms with van der Waals surface area (Å²) in [6, 6.07) is 17.8. The second-order valence-electron chi connectivity index (χ2n) is 12.3. The van der Waals surface area contributed by atoms with Crippen LogP contribution < -0.4 is 0 Å². The fraction of sp³-hybridized carbons (Fsp3) is 0.343. The van der Waals surface area contributed by atoms with E-state index in [2.05, 4.69) is 65.1 Å². The topological polar surface area (TPSA) is 73.5 Å². The van der Waals surface area contributed by atoms with Gasteiger partial charge in [0.2, 0.25) is 5.91 Å². The molecule has 1 fully saturated rings. The minimum Gasteiger partial charge on any atom is -0.353 e. The van der Waals surface area contributed by atoms with Gasteiger partial charge >= 0.3 is 0 Å². The molecule has 42 heavy (non-hydrogen) atoms. The molecular weight excluding hydrogens is 590 g/mol. The quantitative estimate of drug-likeness (QED) is 0.218. The Labute approximate surface area is 255 Å². The molecule has 0 saturated carbocycles. The van der Waals surface area contributed by atoms with Gasteiger partial charge in [0, 0.05) is 35.2 Å². The van der Waals surface area contributed by atoms with Crippen LogP contribution in [0.5, 0.6) is 0 Å². The van der Waals surface area contributed by atoms with Gasteiger partial charge in [-0.2, -0.15) is 0 Å². The average Bonchev–Trinajstić information content (AvgIpc) is 3.67. The van der Waals surface area contributed by atoms with Crippen molar-refractivity contribution in [3.05, 3.63) is 92.5 Å². The number of amides is 3. The van der Waals surface area contributed by atoms with Crippen molar-refractivity contribution in [1.82, 2.24) is 14.8 Å². The highest BCUT2D eigenvalue weighted by Crippen LogP contribution is 2.40. The Kier molecular flexibility index (Phi) is 7.34. The molecule has 1 saturated heterocycles. The molecule has 1 aromatic heterocycles. The van der Waals surface area contributed by atoms with Crippen molar-refractivity contribution >= 4 is 44.6 Å². The number of aromatic amines is 1. The van der Waals surface area contributed by atoms with E-state index in [0.29, 0.717) is 30.5 Å². The van der Waals surface area contributed by atoms with E-state index in [-0.39, 0.29) is 17.7 Å². The molecule has 0 aliphatic carbocycles. The van der Waals surface area contributed by atoms with E-state index in [1.807, 2.05) is 18.7 Å². The lowest BCUT2D eigenvalue weighted by Crippen LogP contribution is -2.41. The first-order chi connectivity index (χ1) is 20.1. The summed E-state index contributed by atoms with van der Waals surface area (Å²) in [6.45, 7) is 10.2. The normalized spacial score (nSPS) is 15.3. The van der Waals surface area contributed by atoms with Crippen molar-refractivity contribution in [2.45, 2.75) is 58.8 Å². The summed E-state index contributed by atoms with van der Waals surface area (Å²) in [7, 11) is 0. The van der Waals surface area contributed by atoms with Crippen molar-refractivity contribution in [1.29, 1.82) is 0 Å². The number of imide groups is 1. The molecule has 6 rings (SSSR count). The molecule has 3 amide bonds. The Balaban J connectivity index is 1.39. The lowest BCUT2D eigenvalue weighted by Gasteiger charge is -2.30. The number of benzene rings is 3. The Morgan fingerprint density at radius 3 is 2.17 bits per heavy atom. The van der Waals surface area contributed by atoms with E-state index in [1.54, 1.807) is 24.3 Å². The first-order valence-corrected chi connectivity index (χ1v) is 15.5. The highest BCUT2D eigenvalue weighted by Gasteiger charge is 2.37. The summed E-state index contributed by atoms with van der Waals surface area (Å²) in [5.74, 6) is -0.295. The minimum absolute atomic E-state index is 0.156. The van der Waals surface area contributed by atoms with E-state index in [9.17, 15) is 14.4 Å². The van der Waals surface area contributed by atoms with E-state index in [4.69, 9.17) is 0 Å². The van der Waals surface area contributed by atoms with Gasteiger partial charge in [-0.1, -0.05) is 29.3 Å². The van der Waals surface area contributed by atoms with Crippen LogP contribution in [-0.2, 0) is 16.6 Å². The van der Waals surface area contributed by atoms with Crippen LogP contribution in [0.4, 0.5) is 0 Å². The molecule has 1 N–H and O–H groups in total. The summed E-state index contributed by atoms with van der Waals surface area (Å²) in [5, 5.41) is 1.05. The average molecular weight is 627 g/mol. The minimum atomic E-state index is -0.685. The largest absolute Gasteiger partial charge is 0.353 e. The van der Waals surface area contributed by atoms with Gasteiger partial charge in [-0.15, -0.1) is 0 Å². The molecule has 0 unspecified atom stereocenters. The number of carbonyl (C=O) groups is 3. The standard InChI is InChI=1S/C35H36BrN3O3/c1-21-16-22(2)18-23(17-21)30-25(12-9-15-39-32(40)26-10-5-6-11-27(26)33(39)41)28-19-24(20-29(36)31(28)37-30)35(3,4)34(42)38-13-7-8-14-38/h5-6,10-11,16-20,37H,7-9,12-15H2,1-4H3. The molecule has 0 spiro atoms. The summed E-state index contributed by atoms with van der Waals surface area (Å²) >= 11 is 3.82. The third-order valence-corrected chi connectivity index (χ3v) is 9.44. The number of H-pyrrole nitrogens is 1. The summed E-state index contributed by atoms with van der Waals surface area (Å²) < 4.78 is 0.912. The second kappa shape index (κ2) is 10.8. The third kappa shape index (κ3) is 4.87. The first kappa shape index (κ1) is 28.4. The van der Waals surface area contributed by atoms with E-state index in [1.165, 1.54) is 16.0 Å². The van der Waals surface area contributed by atoms with E-state index < -0.39 is 5.41 Å². The molecule has 2 aliphatic heterocycles. The van der Waals surface area contributed by atoms with Gasteiger partial charge in [0.1, 0.15) is 0 Å². The first-order valence-electron chi connectivity index (χ1n) is 14.7. The number of nitrogens with one attached hydrogen (secondary N) is 1. The number of carbonyl (C=O) groups excluding carboxylic acids is 3. The number of hydrogen-bond acceptors (Lipinski definition) is 3. The van der Waals surface area contributed by atoms with Crippen LogP contribution in [0.2, 0.25) is 0 Å². The van der Waals surface area contributed by atoms with Crippen molar-refractivity contribution < 1.29 is 14.4 Å². The van der Waals surface area contributed by atoms with E-state index in [0.717, 1.165) is 63.7 Å². The molecule has 2 aliphatic rings. The molecule has 4 aromatic rings. The molecule has 3 heterocycles. The Morgan fingerprint density at radius 1 is 0.929 bits per heavy atom. The van der Waals surface area contributed by atoms with Crippen molar-refractivity contribution in [2.24, 2.45) is 0 Å². The summed E-state index contributed by atoms with van der Waals surface area (Å²) in [5.41, 5.74) is 7.82. The number of nitrogens with zero attached hydrogens (tertiary/aromatic N) is 2. The number of aromatic nitrogens is 1. The zero-order valence-electron chi connectivity index (χ0n) is 24.6. The maximum atomic E-state index is 13.6. The van der Waals surface area contributed by atoms with Crippen LogP contribution in [0.25, 0.3) is 22.2 Å². The zero-order valence-corrected chi connectivity index (χ0v) is 26.2. The lowest BCUT2D eigenvalue weighted by molar-refractivity contribution is -0.135. The van der Waals surface area contributed by atoms with Crippen LogP contribution >= 0.6 is 15.9 Å². The van der Waals surface area contributed by atoms with Gasteiger partial charge in [-0.25, -0.2) is 0 Å². The molecule has 0 radical (unpaired) electrons. The van der Waals surface area contributed by atoms with Crippen LogP contribution in [0.1, 0.15) is 76.1 Å². The Morgan fingerprint density at radius 2 is 1.55 bits per heavy atom. The number of rotatable bonds is 7. The van der Waals surface area contributed by atoms with Gasteiger partial charge in [0.25, 0.3) is 11.8 Å². The number of aryl methyl sites for hydroxylation is 3. The SMILES string of the molecule is Cc1cc(C)cc(-c2[nH]c3c(Br)cc(C(C)(C)C(=O)N4CCCC4)cc3c2CCCN2C(=O)c3ccccc3C2=O)c1. The molecular formula is C35H36BrN3O3. The molecule has 0 bridgehead atoms. The maximum Gasteiger partial charge on any atom is 0.261 e. The molecule has 7 heteroatoms. The Bertz CT molecular complexity index is 1690. The van der Waals surface area contributed by atoms with Crippen molar-refractivity contribution in [2.75, 3.05) is 19.6 Å². The van der Waals surface area contributed by atoms with Crippen molar-refractivity contribution in [3.63, 3.8) is 0 Å². The molecule has 6 nitrogen and oxygen atoms in total. The zero-order chi connectivity index (χ0) is 29.8. The van der Waals surface area contributed by atoms with Crippen molar-refractivity contribution in [3.8, 4) is 11.3 Å². The molecule has 3 aromatic carbocycles. The van der Waals surface area contributed by atoms with Gasteiger partial charge in [-0.05, 0) is 122 Å². The van der Waals surface area contributed by atoms with Gasteiger partial charge < -0.3 is 9.88 Å². The fourth-order valence-electron chi connectivity index (χ4n) is 6.59. The summed E-state index contributed by atoms with van der Waals surface area (Å²) in [6.07, 6.45) is 3.39. The Hall–Kier alpha value is -3.71. The summed E-state index contributed by atoms with van der Waals surface area (Å²) in [4.78, 5) is 46.7. The number of halogens is 1. The predicted molar refractivity (Wildman–Crippen MR) is 170 cm³/mol. The fourth-order valence-corrected chi connectivity index (χ4v) is 7.15. The number of likely N-dealkylation sites (tertiary alicyclic amines) is 1. The maximum absolute atomic E-state index is 13.6. The second-order valence-corrected chi connectivity index (χ2v) is 13.1. The highest BCUT2D eigenvalue weighted by molar-refractivity contribution is 9.10. The highest BCUT2D eigenvalue weighted by atomic mass is 79.9. The van der Waals surface area contributed by atoms with Gasteiger partial charge in [0.15, 0.2) is 0 Å². The smallest absolute Gasteiger partial charge is 0.261 e. The van der Waals surface area contributed by atoms with Gasteiger partial charge in [-0.3, -0.25) is 19.3 Å². The monoisotopic (exact) mass is 625 g/mol. The van der Waals surface area contributed by atoms with Crippen LogP contribution in [0.3, 0.4) is 0 Å². The molecule has 216 valence electrons. The van der Waals surface area contributed by atoms with Crippen LogP contribution in [0, 0.1) is 13.8 Å². The number of hydrogen-bond donors (Lipinski definition) is 1. The van der Waals surface area contributed by atoms with Gasteiger partial charge in [0.05, 0.1) is 22.1 Å². The lowest BCUT2D eigenvalue weighted by atomic mass is 9.82. The third-order valence-electron chi connectivity index (χ3n) is 8.81.